The molecule has 1 aromatic carbocycles. The smallest absolute Gasteiger partial charge is 0.154 e. The van der Waals surface area contributed by atoms with Crippen LogP contribution in [0.1, 0.15) is 115 Å². The maximum atomic E-state index is 14.0. The molecule has 0 aliphatic heterocycles. The molecule has 0 saturated carbocycles. The lowest BCUT2D eigenvalue weighted by Crippen LogP contribution is -2.43. The van der Waals surface area contributed by atoms with E-state index in [1.165, 1.54) is 30.5 Å². The minimum absolute atomic E-state index is 0. The molecule has 0 radical (unpaired) electrons. The van der Waals surface area contributed by atoms with Crippen LogP contribution in [0.5, 0.6) is 0 Å². The van der Waals surface area contributed by atoms with E-state index in [1.807, 2.05) is 19.9 Å². The summed E-state index contributed by atoms with van der Waals surface area (Å²) < 4.78 is 13.4. The van der Waals surface area contributed by atoms with Crippen molar-refractivity contribution in [1.29, 1.82) is 0 Å². The number of carbonyl (C=O) groups excluding carboxylic acids is 2. The Balaban J connectivity index is 0.00000521. The van der Waals surface area contributed by atoms with Crippen LogP contribution >= 0.6 is 0 Å². The second kappa shape index (κ2) is 17.7. The zero-order valence-corrected chi connectivity index (χ0v) is 27.3. The predicted molar refractivity (Wildman–Crippen MR) is 171 cm³/mol. The van der Waals surface area contributed by atoms with Crippen molar-refractivity contribution in [3.8, 4) is 0 Å². The fraction of sp³-hybridized carbons (Fsp3) is 0.667. The van der Waals surface area contributed by atoms with Crippen molar-refractivity contribution in [2.75, 3.05) is 13.1 Å². The lowest BCUT2D eigenvalue weighted by Gasteiger charge is -2.34. The molecule has 1 aliphatic rings. The van der Waals surface area contributed by atoms with Crippen molar-refractivity contribution in [2.24, 2.45) is 23.2 Å². The van der Waals surface area contributed by atoms with E-state index in [0.717, 1.165) is 49.7 Å². The van der Waals surface area contributed by atoms with Crippen LogP contribution in [0.25, 0.3) is 0 Å². The van der Waals surface area contributed by atoms with Gasteiger partial charge in [-0.1, -0.05) is 105 Å². The summed E-state index contributed by atoms with van der Waals surface area (Å²) >= 11 is 0. The largest absolute Gasteiger partial charge is 0.298 e. The molecule has 0 bridgehead atoms. The fourth-order valence-corrected chi connectivity index (χ4v) is 5.81. The Labute approximate surface area is 247 Å². The molecular formula is C36H60FNO2. The summed E-state index contributed by atoms with van der Waals surface area (Å²) in [5.41, 5.74) is 3.60. The Hall–Kier alpha value is -2.07. The molecule has 1 aromatic rings. The Morgan fingerprint density at radius 1 is 1.07 bits per heavy atom. The highest BCUT2D eigenvalue weighted by molar-refractivity contribution is 5.88. The van der Waals surface area contributed by atoms with Crippen LogP contribution in [-0.2, 0) is 16.0 Å². The number of ketones is 1. The van der Waals surface area contributed by atoms with Crippen molar-refractivity contribution in [3.63, 3.8) is 0 Å². The van der Waals surface area contributed by atoms with Crippen LogP contribution in [0, 0.1) is 29.0 Å². The van der Waals surface area contributed by atoms with Gasteiger partial charge in [-0.25, -0.2) is 4.39 Å². The number of Topliss-reactive ketones (excluding diaryl/α,β-unsaturated/α-hetero) is 1. The summed E-state index contributed by atoms with van der Waals surface area (Å²) in [5.74, 6) is 0.951. The molecule has 0 aromatic heterocycles. The topological polar surface area (TPSA) is 37.4 Å². The summed E-state index contributed by atoms with van der Waals surface area (Å²) in [4.78, 5) is 28.5. The van der Waals surface area contributed by atoms with E-state index in [9.17, 15) is 14.0 Å². The minimum atomic E-state index is -0.288. The van der Waals surface area contributed by atoms with Crippen LogP contribution in [0.4, 0.5) is 4.39 Å². The van der Waals surface area contributed by atoms with E-state index < -0.39 is 0 Å². The first-order chi connectivity index (χ1) is 18.9. The van der Waals surface area contributed by atoms with Gasteiger partial charge in [-0.15, -0.1) is 0 Å². The van der Waals surface area contributed by atoms with Crippen LogP contribution in [0.15, 0.2) is 47.1 Å². The zero-order valence-electron chi connectivity index (χ0n) is 27.3. The molecule has 228 valence electrons. The number of nitrogens with zero attached hydrogens (tertiary/aromatic N) is 1. The van der Waals surface area contributed by atoms with E-state index in [0.29, 0.717) is 36.4 Å². The SMILES string of the molecule is CC.CCC[C@H](CCCC(C)C)N(CC(=O)C1CC(C)(C)C(C)=C1/C=C(\C=O)Cc1ccc(F)cc1)CC(C)C.[HH]. The van der Waals surface area contributed by atoms with Crippen molar-refractivity contribution in [3.05, 3.63) is 58.4 Å². The highest BCUT2D eigenvalue weighted by Crippen LogP contribution is 2.47. The van der Waals surface area contributed by atoms with Crippen LogP contribution in [-0.4, -0.2) is 36.1 Å². The van der Waals surface area contributed by atoms with Crippen LogP contribution in [0.3, 0.4) is 0 Å². The van der Waals surface area contributed by atoms with Gasteiger partial charge in [-0.3, -0.25) is 14.5 Å². The first-order valence-electron chi connectivity index (χ1n) is 15.8. The summed E-state index contributed by atoms with van der Waals surface area (Å²) in [7, 11) is 0. The van der Waals surface area contributed by atoms with Crippen molar-refractivity contribution in [2.45, 2.75) is 120 Å². The Morgan fingerprint density at radius 2 is 1.70 bits per heavy atom. The van der Waals surface area contributed by atoms with E-state index in [4.69, 9.17) is 0 Å². The molecule has 0 fully saturated rings. The van der Waals surface area contributed by atoms with E-state index in [-0.39, 0.29) is 24.4 Å². The Kier molecular flexibility index (Phi) is 15.9. The molecule has 4 heteroatoms. The van der Waals surface area contributed by atoms with Gasteiger partial charge in [0.15, 0.2) is 5.78 Å². The number of benzene rings is 1. The standard InChI is InChI=1S/C34H52FNO2.C2H6.H2/c1-9-11-30(13-10-12-24(2)3)36(21-25(4)5)22-33(38)32-20-34(7,8)26(6)31(32)19-28(23-37)18-27-14-16-29(35)17-15-27;1-2;/h14-17,19,23-25,30,32H,9-13,18,20-22H2,1-8H3;1-2H3;1H/b28-19-;;/t30-,32?;;/m1../s1. The third-order valence-corrected chi connectivity index (χ3v) is 8.16. The monoisotopic (exact) mass is 557 g/mol. The molecule has 0 saturated heterocycles. The molecule has 1 aliphatic carbocycles. The number of aldehydes is 1. The first-order valence-corrected chi connectivity index (χ1v) is 15.8. The van der Waals surface area contributed by atoms with E-state index in [2.05, 4.69) is 60.3 Å². The van der Waals surface area contributed by atoms with Crippen molar-refractivity contribution < 1.29 is 15.4 Å². The number of halogens is 1. The van der Waals surface area contributed by atoms with Gasteiger partial charge in [0, 0.05) is 26.4 Å². The summed E-state index contributed by atoms with van der Waals surface area (Å²) in [6.45, 7) is 23.1. The number of rotatable bonds is 16. The summed E-state index contributed by atoms with van der Waals surface area (Å²) in [5, 5.41) is 0. The number of hydrogen-bond acceptors (Lipinski definition) is 3. The second-order valence-electron chi connectivity index (χ2n) is 12.9. The average molecular weight is 558 g/mol. The lowest BCUT2D eigenvalue weighted by atomic mass is 9.84. The highest BCUT2D eigenvalue weighted by atomic mass is 19.1. The zero-order chi connectivity index (χ0) is 30.5. The minimum Gasteiger partial charge on any atom is -0.298 e. The molecule has 0 spiro atoms. The number of carbonyl (C=O) groups is 2. The summed E-state index contributed by atoms with van der Waals surface area (Å²) in [6.07, 6.45) is 9.81. The third-order valence-electron chi connectivity index (χ3n) is 8.16. The van der Waals surface area contributed by atoms with Gasteiger partial charge < -0.3 is 0 Å². The maximum Gasteiger partial charge on any atom is 0.154 e. The third kappa shape index (κ3) is 11.4. The molecule has 40 heavy (non-hydrogen) atoms. The molecular weight excluding hydrogens is 497 g/mol. The first kappa shape index (κ1) is 36.0. The van der Waals surface area contributed by atoms with Crippen LogP contribution in [0.2, 0.25) is 0 Å². The van der Waals surface area contributed by atoms with Gasteiger partial charge in [0.05, 0.1) is 6.54 Å². The molecule has 0 N–H and O–H groups in total. The molecule has 0 amide bonds. The Bertz CT molecular complexity index is 978. The molecule has 2 atom stereocenters. The van der Waals surface area contributed by atoms with Crippen molar-refractivity contribution >= 4 is 12.1 Å². The van der Waals surface area contributed by atoms with Crippen LogP contribution < -0.4 is 0 Å². The second-order valence-corrected chi connectivity index (χ2v) is 12.9. The van der Waals surface area contributed by atoms with Crippen molar-refractivity contribution in [1.82, 2.24) is 4.90 Å². The van der Waals surface area contributed by atoms with Gasteiger partial charge in [0.1, 0.15) is 12.1 Å². The lowest BCUT2D eigenvalue weighted by molar-refractivity contribution is -0.124. The molecule has 0 heterocycles. The van der Waals surface area contributed by atoms with Gasteiger partial charge in [-0.05, 0) is 72.3 Å². The number of hydrogen-bond donors (Lipinski definition) is 0. The normalized spacial score (nSPS) is 17.9. The highest BCUT2D eigenvalue weighted by Gasteiger charge is 2.40. The van der Waals surface area contributed by atoms with Gasteiger partial charge >= 0.3 is 0 Å². The molecule has 1 unspecified atom stereocenters. The Morgan fingerprint density at radius 3 is 2.23 bits per heavy atom. The quantitative estimate of drug-likeness (QED) is 0.150. The summed E-state index contributed by atoms with van der Waals surface area (Å²) in [6, 6.07) is 6.69. The van der Waals surface area contributed by atoms with E-state index in [1.54, 1.807) is 12.1 Å². The van der Waals surface area contributed by atoms with E-state index >= 15 is 0 Å². The predicted octanol–water partition coefficient (Wildman–Crippen LogP) is 9.65. The molecule has 3 nitrogen and oxygen atoms in total. The van der Waals surface area contributed by atoms with Gasteiger partial charge in [0.2, 0.25) is 0 Å². The average Bonchev–Trinajstić information content (AvgIpc) is 3.13. The number of allylic oxidation sites excluding steroid dienone is 4. The van der Waals surface area contributed by atoms with Gasteiger partial charge in [-0.2, -0.15) is 0 Å². The fourth-order valence-electron chi connectivity index (χ4n) is 5.81. The molecule has 2 rings (SSSR count). The van der Waals surface area contributed by atoms with Gasteiger partial charge in [0.25, 0.3) is 0 Å². The maximum absolute atomic E-state index is 14.0.